The van der Waals surface area contributed by atoms with E-state index in [2.05, 4.69) is 10.3 Å². The number of benzene rings is 2. The van der Waals surface area contributed by atoms with Crippen molar-refractivity contribution in [3.05, 3.63) is 53.3 Å². The first-order chi connectivity index (χ1) is 13.4. The minimum Gasteiger partial charge on any atom is -0.493 e. The van der Waals surface area contributed by atoms with E-state index in [9.17, 15) is 22.8 Å². The van der Waals surface area contributed by atoms with Crippen molar-refractivity contribution < 1.29 is 32.2 Å². The Morgan fingerprint density at radius 3 is 2.68 bits per heavy atom. The molecule has 146 valence electrons. The fraction of sp³-hybridized carbons (Fsp3) is 0.167. The molecule has 0 spiro atoms. The highest BCUT2D eigenvalue weighted by Crippen LogP contribution is 2.30. The van der Waals surface area contributed by atoms with E-state index in [0.717, 1.165) is 17.4 Å². The van der Waals surface area contributed by atoms with Gasteiger partial charge in [-0.25, -0.2) is 22.9 Å². The molecule has 0 fully saturated rings. The Labute approximate surface area is 160 Å². The van der Waals surface area contributed by atoms with Crippen molar-refractivity contribution in [1.29, 1.82) is 0 Å². The number of esters is 1. The molecule has 0 aliphatic heterocycles. The van der Waals surface area contributed by atoms with E-state index in [1.54, 1.807) is 25.1 Å². The third-order valence-corrected chi connectivity index (χ3v) is 4.43. The van der Waals surface area contributed by atoms with E-state index in [-0.39, 0.29) is 15.4 Å². The van der Waals surface area contributed by atoms with Crippen LogP contribution in [0, 0.1) is 17.5 Å². The summed E-state index contributed by atoms with van der Waals surface area (Å²) < 4.78 is 50.5. The van der Waals surface area contributed by atoms with E-state index in [0.29, 0.717) is 12.4 Å². The number of anilines is 1. The van der Waals surface area contributed by atoms with E-state index in [1.165, 1.54) is 6.07 Å². The molecule has 0 atom stereocenters. The van der Waals surface area contributed by atoms with Crippen molar-refractivity contribution >= 4 is 38.6 Å². The number of ether oxygens (including phenoxy) is 2. The zero-order valence-electron chi connectivity index (χ0n) is 14.4. The number of fused-ring (bicyclic) bond motifs is 1. The van der Waals surface area contributed by atoms with Gasteiger partial charge in [-0.1, -0.05) is 23.5 Å². The quantitative estimate of drug-likeness (QED) is 0.493. The van der Waals surface area contributed by atoms with Gasteiger partial charge in [0.1, 0.15) is 16.8 Å². The normalized spacial score (nSPS) is 10.7. The molecule has 0 radical (unpaired) electrons. The number of nitrogens with one attached hydrogen (secondary N) is 1. The number of aromatic nitrogens is 1. The van der Waals surface area contributed by atoms with Gasteiger partial charge < -0.3 is 9.47 Å². The molecule has 3 aromatic rings. The van der Waals surface area contributed by atoms with Crippen LogP contribution >= 0.6 is 11.3 Å². The number of hydrogen-bond acceptors (Lipinski definition) is 6. The first kappa shape index (κ1) is 19.6. The van der Waals surface area contributed by atoms with Gasteiger partial charge in [0.2, 0.25) is 0 Å². The lowest BCUT2D eigenvalue weighted by atomic mass is 10.2. The Morgan fingerprint density at radius 2 is 1.93 bits per heavy atom. The molecule has 0 bridgehead atoms. The molecule has 6 nitrogen and oxygen atoms in total. The van der Waals surface area contributed by atoms with Crippen LogP contribution in [0.25, 0.3) is 10.2 Å². The number of carbonyl (C=O) groups is 2. The summed E-state index contributed by atoms with van der Waals surface area (Å²) in [7, 11) is 0. The summed E-state index contributed by atoms with van der Waals surface area (Å²) in [4.78, 5) is 27.8. The minimum absolute atomic E-state index is 0.0225. The molecule has 0 saturated heterocycles. The van der Waals surface area contributed by atoms with E-state index in [4.69, 9.17) is 9.47 Å². The summed E-state index contributed by atoms with van der Waals surface area (Å²) in [6.07, 6.45) is 0. The maximum Gasteiger partial charge on any atom is 0.342 e. The topological polar surface area (TPSA) is 77.5 Å². The average Bonchev–Trinajstić information content (AvgIpc) is 3.07. The highest BCUT2D eigenvalue weighted by atomic mass is 32.1. The third-order valence-electron chi connectivity index (χ3n) is 3.51. The molecule has 3 rings (SSSR count). The van der Waals surface area contributed by atoms with Crippen molar-refractivity contribution in [3.8, 4) is 5.75 Å². The number of amides is 1. The SMILES string of the molecule is CCOc1ccccc1C(=O)OCC(=O)Nc1nc2c(F)c(F)c(F)cc2s1. The summed E-state index contributed by atoms with van der Waals surface area (Å²) in [5.74, 6) is -5.63. The van der Waals surface area contributed by atoms with Crippen LogP contribution in [-0.2, 0) is 9.53 Å². The number of hydrogen-bond donors (Lipinski definition) is 1. The fourth-order valence-corrected chi connectivity index (χ4v) is 3.21. The van der Waals surface area contributed by atoms with E-state index in [1.807, 2.05) is 0 Å². The molecular formula is C18H13F3N2O4S. The van der Waals surface area contributed by atoms with Gasteiger partial charge in [0, 0.05) is 0 Å². The van der Waals surface area contributed by atoms with Crippen molar-refractivity contribution in [1.82, 2.24) is 4.98 Å². The van der Waals surface area contributed by atoms with Crippen LogP contribution in [0.2, 0.25) is 0 Å². The zero-order chi connectivity index (χ0) is 20.3. The van der Waals surface area contributed by atoms with E-state index >= 15 is 0 Å². The molecule has 0 unspecified atom stereocenters. The van der Waals surface area contributed by atoms with Crippen molar-refractivity contribution in [2.24, 2.45) is 0 Å². The molecule has 28 heavy (non-hydrogen) atoms. The van der Waals surface area contributed by atoms with Gasteiger partial charge in [-0.05, 0) is 25.1 Å². The molecule has 0 aliphatic rings. The van der Waals surface area contributed by atoms with Crippen molar-refractivity contribution in [2.45, 2.75) is 6.92 Å². The second-order valence-corrected chi connectivity index (χ2v) is 6.44. The van der Waals surface area contributed by atoms with Gasteiger partial charge >= 0.3 is 5.97 Å². The largest absolute Gasteiger partial charge is 0.493 e. The second-order valence-electron chi connectivity index (χ2n) is 5.41. The number of nitrogens with zero attached hydrogens (tertiary/aromatic N) is 1. The summed E-state index contributed by atoms with van der Waals surface area (Å²) in [6, 6.07) is 7.17. The Morgan fingerprint density at radius 1 is 1.18 bits per heavy atom. The lowest BCUT2D eigenvalue weighted by Crippen LogP contribution is -2.21. The number of rotatable bonds is 6. The Hall–Kier alpha value is -3.14. The monoisotopic (exact) mass is 410 g/mol. The molecule has 0 saturated carbocycles. The maximum absolute atomic E-state index is 13.7. The number of halogens is 3. The minimum atomic E-state index is -1.64. The van der Waals surface area contributed by atoms with Crippen LogP contribution in [0.1, 0.15) is 17.3 Å². The number of thiazole rings is 1. The van der Waals surface area contributed by atoms with Gasteiger partial charge in [0.25, 0.3) is 5.91 Å². The van der Waals surface area contributed by atoms with Gasteiger partial charge in [-0.2, -0.15) is 0 Å². The number of carbonyl (C=O) groups excluding carboxylic acids is 2. The number of para-hydroxylation sites is 1. The highest BCUT2D eigenvalue weighted by molar-refractivity contribution is 7.22. The zero-order valence-corrected chi connectivity index (χ0v) is 15.2. The first-order valence-electron chi connectivity index (χ1n) is 8.03. The van der Waals surface area contributed by atoms with Crippen LogP contribution < -0.4 is 10.1 Å². The predicted molar refractivity (Wildman–Crippen MR) is 96.0 cm³/mol. The van der Waals surface area contributed by atoms with Gasteiger partial charge in [-0.3, -0.25) is 10.1 Å². The highest BCUT2D eigenvalue weighted by Gasteiger charge is 2.19. The smallest absolute Gasteiger partial charge is 0.342 e. The lowest BCUT2D eigenvalue weighted by molar-refractivity contribution is -0.119. The van der Waals surface area contributed by atoms with Gasteiger partial charge in [0.15, 0.2) is 29.2 Å². The summed E-state index contributed by atoms with van der Waals surface area (Å²) in [5.41, 5.74) is -0.244. The van der Waals surface area contributed by atoms with Crippen LogP contribution in [0.4, 0.5) is 18.3 Å². The molecule has 1 heterocycles. The third kappa shape index (κ3) is 4.06. The first-order valence-corrected chi connectivity index (χ1v) is 8.85. The molecule has 10 heteroatoms. The van der Waals surface area contributed by atoms with Crippen molar-refractivity contribution in [3.63, 3.8) is 0 Å². The van der Waals surface area contributed by atoms with Crippen LogP contribution in [0.3, 0.4) is 0 Å². The van der Waals surface area contributed by atoms with Crippen LogP contribution in [0.15, 0.2) is 30.3 Å². The molecule has 1 amide bonds. The summed E-state index contributed by atoms with van der Waals surface area (Å²) in [6.45, 7) is 1.47. The summed E-state index contributed by atoms with van der Waals surface area (Å²) in [5, 5.41) is 2.20. The Kier molecular flexibility index (Phi) is 5.78. The standard InChI is InChI=1S/C18H13F3N2O4S/c1-2-26-11-6-4-3-5-9(11)17(25)27-8-13(24)22-18-23-16-12(28-18)7-10(19)14(20)15(16)21/h3-7H,2,8H2,1H3,(H,22,23,24). The van der Waals surface area contributed by atoms with Crippen molar-refractivity contribution in [2.75, 3.05) is 18.5 Å². The van der Waals surface area contributed by atoms with Gasteiger partial charge in [-0.15, -0.1) is 0 Å². The van der Waals surface area contributed by atoms with E-state index < -0.39 is 41.5 Å². The Bertz CT molecular complexity index is 1050. The van der Waals surface area contributed by atoms with Gasteiger partial charge in [0.05, 0.1) is 11.3 Å². The molecular weight excluding hydrogens is 397 g/mol. The maximum atomic E-state index is 13.7. The molecule has 1 N–H and O–H groups in total. The Balaban J connectivity index is 1.66. The average molecular weight is 410 g/mol. The molecule has 1 aromatic heterocycles. The summed E-state index contributed by atoms with van der Waals surface area (Å²) >= 11 is 0.752. The fourth-order valence-electron chi connectivity index (χ4n) is 2.31. The molecule has 2 aromatic carbocycles. The lowest BCUT2D eigenvalue weighted by Gasteiger charge is -2.09. The van der Waals surface area contributed by atoms with Crippen LogP contribution in [0.5, 0.6) is 5.75 Å². The predicted octanol–water partition coefficient (Wildman–Crippen LogP) is 3.91. The van der Waals surface area contributed by atoms with Crippen LogP contribution in [-0.4, -0.2) is 30.1 Å². The molecule has 0 aliphatic carbocycles. The second kappa shape index (κ2) is 8.26.